The molecule has 5 heteroatoms. The molecule has 0 spiro atoms. The Kier molecular flexibility index (Phi) is 3.74. The van der Waals surface area contributed by atoms with Crippen LogP contribution < -0.4 is 5.32 Å². The SMILES string of the molecule is Cc1ncoc1C(=O)NC(CO)c1ccccc1. The van der Waals surface area contributed by atoms with Crippen LogP contribution in [0.25, 0.3) is 0 Å². The molecule has 1 amide bonds. The first kappa shape index (κ1) is 12.3. The van der Waals surface area contributed by atoms with Gasteiger partial charge in [0.05, 0.1) is 18.3 Å². The fourth-order valence-corrected chi connectivity index (χ4v) is 1.66. The van der Waals surface area contributed by atoms with Crippen molar-refractivity contribution in [2.75, 3.05) is 6.61 Å². The standard InChI is InChI=1S/C13H14N2O3/c1-9-12(18-8-14-9)13(17)15-11(7-16)10-5-3-2-4-6-10/h2-6,8,11,16H,7H2,1H3,(H,15,17). The van der Waals surface area contributed by atoms with Crippen LogP contribution in [0.3, 0.4) is 0 Å². The predicted molar refractivity (Wildman–Crippen MR) is 65.0 cm³/mol. The zero-order chi connectivity index (χ0) is 13.0. The summed E-state index contributed by atoms with van der Waals surface area (Å²) in [5.74, 6) is -0.211. The highest BCUT2D eigenvalue weighted by Gasteiger charge is 2.18. The molecule has 1 unspecified atom stereocenters. The molecular weight excluding hydrogens is 232 g/mol. The van der Waals surface area contributed by atoms with Gasteiger partial charge in [-0.2, -0.15) is 0 Å². The summed E-state index contributed by atoms with van der Waals surface area (Å²) in [6, 6.07) is 8.81. The average molecular weight is 246 g/mol. The molecule has 1 atom stereocenters. The van der Waals surface area contributed by atoms with Gasteiger partial charge in [-0.25, -0.2) is 4.98 Å². The Hall–Kier alpha value is -2.14. The molecule has 2 rings (SSSR count). The minimum absolute atomic E-state index is 0.171. The number of hydrogen-bond donors (Lipinski definition) is 2. The lowest BCUT2D eigenvalue weighted by Crippen LogP contribution is -2.30. The number of aryl methyl sites for hydroxylation is 1. The summed E-state index contributed by atoms with van der Waals surface area (Å²) in [6.45, 7) is 1.51. The van der Waals surface area contributed by atoms with Gasteiger partial charge in [0.1, 0.15) is 0 Å². The van der Waals surface area contributed by atoms with E-state index in [1.54, 1.807) is 6.92 Å². The van der Waals surface area contributed by atoms with E-state index in [4.69, 9.17) is 4.42 Å². The first-order chi connectivity index (χ1) is 8.72. The topological polar surface area (TPSA) is 75.4 Å². The zero-order valence-electron chi connectivity index (χ0n) is 9.96. The highest BCUT2D eigenvalue weighted by atomic mass is 16.3. The van der Waals surface area contributed by atoms with E-state index in [1.807, 2.05) is 30.3 Å². The van der Waals surface area contributed by atoms with Crippen molar-refractivity contribution in [3.63, 3.8) is 0 Å². The molecule has 1 heterocycles. The molecule has 0 saturated heterocycles. The molecule has 1 aromatic heterocycles. The third kappa shape index (κ3) is 2.57. The van der Waals surface area contributed by atoms with E-state index < -0.39 is 6.04 Å². The Morgan fingerprint density at radius 3 is 2.72 bits per heavy atom. The first-order valence-electron chi connectivity index (χ1n) is 5.59. The van der Waals surface area contributed by atoms with Crippen LogP contribution in [0.2, 0.25) is 0 Å². The van der Waals surface area contributed by atoms with Crippen molar-refractivity contribution in [3.8, 4) is 0 Å². The Labute approximate surface area is 104 Å². The fourth-order valence-electron chi connectivity index (χ4n) is 1.66. The van der Waals surface area contributed by atoms with Gasteiger partial charge in [0.2, 0.25) is 5.76 Å². The number of rotatable bonds is 4. The van der Waals surface area contributed by atoms with Gasteiger partial charge >= 0.3 is 0 Å². The minimum atomic E-state index is -0.455. The molecule has 0 aliphatic carbocycles. The number of aromatic nitrogens is 1. The molecule has 0 bridgehead atoms. The van der Waals surface area contributed by atoms with Gasteiger partial charge in [-0.15, -0.1) is 0 Å². The van der Waals surface area contributed by atoms with Crippen molar-refractivity contribution in [2.45, 2.75) is 13.0 Å². The van der Waals surface area contributed by atoms with Gasteiger partial charge < -0.3 is 14.8 Å². The second-order valence-corrected chi connectivity index (χ2v) is 3.89. The predicted octanol–water partition coefficient (Wildman–Crippen LogP) is 1.45. The number of nitrogens with one attached hydrogen (secondary N) is 1. The van der Waals surface area contributed by atoms with Crippen LogP contribution in [0.1, 0.15) is 27.9 Å². The summed E-state index contributed by atoms with van der Waals surface area (Å²) in [6.07, 6.45) is 1.22. The van der Waals surface area contributed by atoms with Crippen molar-refractivity contribution in [2.24, 2.45) is 0 Å². The summed E-state index contributed by atoms with van der Waals surface area (Å²) < 4.78 is 5.00. The second-order valence-electron chi connectivity index (χ2n) is 3.89. The number of nitrogens with zero attached hydrogens (tertiary/aromatic N) is 1. The zero-order valence-corrected chi connectivity index (χ0v) is 9.96. The van der Waals surface area contributed by atoms with Crippen LogP contribution >= 0.6 is 0 Å². The monoisotopic (exact) mass is 246 g/mol. The summed E-state index contributed by atoms with van der Waals surface area (Å²) in [5.41, 5.74) is 1.36. The van der Waals surface area contributed by atoms with E-state index in [2.05, 4.69) is 10.3 Å². The van der Waals surface area contributed by atoms with Crippen molar-refractivity contribution >= 4 is 5.91 Å². The maximum Gasteiger partial charge on any atom is 0.289 e. The fraction of sp³-hybridized carbons (Fsp3) is 0.231. The molecule has 94 valence electrons. The maximum atomic E-state index is 11.9. The number of oxazole rings is 1. The molecule has 0 aliphatic rings. The number of carbonyl (C=O) groups excluding carboxylic acids is 1. The van der Waals surface area contributed by atoms with Crippen LogP contribution in [0.5, 0.6) is 0 Å². The van der Waals surface area contributed by atoms with Crippen molar-refractivity contribution < 1.29 is 14.3 Å². The number of benzene rings is 1. The minimum Gasteiger partial charge on any atom is -0.438 e. The van der Waals surface area contributed by atoms with Gasteiger partial charge in [0.25, 0.3) is 5.91 Å². The third-order valence-corrected chi connectivity index (χ3v) is 2.64. The lowest BCUT2D eigenvalue weighted by molar-refractivity contribution is 0.0887. The first-order valence-corrected chi connectivity index (χ1v) is 5.59. The van der Waals surface area contributed by atoms with Crippen LogP contribution in [0, 0.1) is 6.92 Å². The Balaban J connectivity index is 2.13. The molecule has 0 aliphatic heterocycles. The van der Waals surface area contributed by atoms with Crippen LogP contribution in [0.15, 0.2) is 41.1 Å². The molecule has 2 N–H and O–H groups in total. The highest BCUT2D eigenvalue weighted by molar-refractivity contribution is 5.92. The highest BCUT2D eigenvalue weighted by Crippen LogP contribution is 2.13. The molecular formula is C13H14N2O3. The van der Waals surface area contributed by atoms with Gasteiger partial charge in [-0.3, -0.25) is 4.79 Å². The third-order valence-electron chi connectivity index (χ3n) is 2.64. The Morgan fingerprint density at radius 2 is 2.17 bits per heavy atom. The van der Waals surface area contributed by atoms with Gasteiger partial charge in [-0.05, 0) is 12.5 Å². The second kappa shape index (κ2) is 5.46. The smallest absolute Gasteiger partial charge is 0.289 e. The number of aliphatic hydroxyl groups excluding tert-OH is 1. The Bertz CT molecular complexity index is 522. The summed E-state index contributed by atoms with van der Waals surface area (Å²) in [5, 5.41) is 12.0. The van der Waals surface area contributed by atoms with Crippen molar-refractivity contribution in [1.82, 2.24) is 10.3 Å². The molecule has 0 fully saturated rings. The van der Waals surface area contributed by atoms with E-state index in [-0.39, 0.29) is 18.3 Å². The van der Waals surface area contributed by atoms with E-state index >= 15 is 0 Å². The molecule has 18 heavy (non-hydrogen) atoms. The molecule has 1 aromatic carbocycles. The largest absolute Gasteiger partial charge is 0.438 e. The normalized spacial score (nSPS) is 12.1. The quantitative estimate of drug-likeness (QED) is 0.856. The lowest BCUT2D eigenvalue weighted by atomic mass is 10.1. The number of aliphatic hydroxyl groups is 1. The van der Waals surface area contributed by atoms with Crippen molar-refractivity contribution in [1.29, 1.82) is 0 Å². The van der Waals surface area contributed by atoms with Crippen molar-refractivity contribution in [3.05, 3.63) is 53.7 Å². The summed E-state index contributed by atoms with van der Waals surface area (Å²) in [7, 11) is 0. The maximum absolute atomic E-state index is 11.9. The average Bonchev–Trinajstić information content (AvgIpc) is 2.83. The van der Waals surface area contributed by atoms with Crippen LogP contribution in [-0.2, 0) is 0 Å². The number of amides is 1. The lowest BCUT2D eigenvalue weighted by Gasteiger charge is -2.15. The van der Waals surface area contributed by atoms with Crippen LogP contribution in [0.4, 0.5) is 0 Å². The number of carbonyl (C=O) groups is 1. The molecule has 2 aromatic rings. The van der Waals surface area contributed by atoms with E-state index in [0.29, 0.717) is 5.69 Å². The molecule has 0 radical (unpaired) electrons. The molecule has 0 saturated carbocycles. The summed E-state index contributed by atoms with van der Waals surface area (Å²) in [4.78, 5) is 15.8. The van der Waals surface area contributed by atoms with Crippen LogP contribution in [-0.4, -0.2) is 22.6 Å². The summed E-state index contributed by atoms with van der Waals surface area (Å²) >= 11 is 0. The Morgan fingerprint density at radius 1 is 1.44 bits per heavy atom. The van der Waals surface area contributed by atoms with Gasteiger partial charge in [-0.1, -0.05) is 30.3 Å². The van der Waals surface area contributed by atoms with E-state index in [9.17, 15) is 9.90 Å². The van der Waals surface area contributed by atoms with Gasteiger partial charge in [0, 0.05) is 0 Å². The van der Waals surface area contributed by atoms with Gasteiger partial charge in [0.15, 0.2) is 6.39 Å². The van der Waals surface area contributed by atoms with E-state index in [1.165, 1.54) is 6.39 Å². The molecule has 5 nitrogen and oxygen atoms in total. The van der Waals surface area contributed by atoms with E-state index in [0.717, 1.165) is 5.56 Å². The number of hydrogen-bond acceptors (Lipinski definition) is 4.